The zero-order chi connectivity index (χ0) is 7.82. The first-order chi connectivity index (χ1) is 4.85. The van der Waals surface area contributed by atoms with Gasteiger partial charge in [0, 0.05) is 19.8 Å². The average molecular weight is 145 g/mol. The molecule has 0 aromatic rings. The maximum absolute atomic E-state index is 4.98. The molecule has 0 saturated carbocycles. The molecule has 0 heterocycles. The van der Waals surface area contributed by atoms with Gasteiger partial charge in [0.1, 0.15) is 0 Å². The van der Waals surface area contributed by atoms with Gasteiger partial charge in [0.25, 0.3) is 0 Å². The van der Waals surface area contributed by atoms with E-state index in [0.29, 0.717) is 6.04 Å². The van der Waals surface area contributed by atoms with Crippen LogP contribution in [0.15, 0.2) is 0 Å². The first-order valence-electron chi connectivity index (χ1n) is 4.07. The maximum atomic E-state index is 4.98. The summed E-state index contributed by atoms with van der Waals surface area (Å²) in [6, 6.07) is 0.643. The highest BCUT2D eigenvalue weighted by Crippen LogP contribution is 1.96. The molecular formula is C8H19NO. The van der Waals surface area contributed by atoms with E-state index in [1.54, 1.807) is 7.11 Å². The van der Waals surface area contributed by atoms with E-state index in [1.165, 1.54) is 6.42 Å². The molecule has 0 amide bonds. The van der Waals surface area contributed by atoms with Gasteiger partial charge in [0.2, 0.25) is 0 Å². The Balaban J connectivity index is 3.21. The Morgan fingerprint density at radius 1 is 1.40 bits per heavy atom. The minimum absolute atomic E-state index is 0.643. The van der Waals surface area contributed by atoms with Gasteiger partial charge in [-0.15, -0.1) is 0 Å². The highest BCUT2D eigenvalue weighted by Gasteiger charge is 2.01. The fraction of sp³-hybridized carbons (Fsp3) is 1.00. The van der Waals surface area contributed by atoms with Crippen molar-refractivity contribution in [1.29, 1.82) is 0 Å². The molecule has 10 heavy (non-hydrogen) atoms. The van der Waals surface area contributed by atoms with Gasteiger partial charge in [-0.1, -0.05) is 13.8 Å². The van der Waals surface area contributed by atoms with E-state index in [1.807, 2.05) is 0 Å². The largest absolute Gasteiger partial charge is 0.385 e. The Labute approximate surface area is 64.0 Å². The molecule has 0 aliphatic carbocycles. The molecule has 0 bridgehead atoms. The number of rotatable bonds is 6. The topological polar surface area (TPSA) is 21.3 Å². The molecule has 0 aliphatic heterocycles. The average Bonchev–Trinajstić information content (AvgIpc) is 1.98. The Hall–Kier alpha value is -0.0800. The molecule has 0 aliphatic rings. The highest BCUT2D eigenvalue weighted by atomic mass is 16.5. The van der Waals surface area contributed by atoms with Gasteiger partial charge in [-0.05, 0) is 19.4 Å². The first-order valence-corrected chi connectivity index (χ1v) is 4.07. The molecule has 2 nitrogen and oxygen atoms in total. The molecule has 0 rings (SSSR count). The van der Waals surface area contributed by atoms with Gasteiger partial charge >= 0.3 is 0 Å². The van der Waals surface area contributed by atoms with Crippen LogP contribution in [0.1, 0.15) is 26.7 Å². The van der Waals surface area contributed by atoms with Gasteiger partial charge < -0.3 is 10.1 Å². The Morgan fingerprint density at radius 3 is 2.50 bits per heavy atom. The van der Waals surface area contributed by atoms with Crippen LogP contribution < -0.4 is 5.32 Å². The monoisotopic (exact) mass is 145 g/mol. The van der Waals surface area contributed by atoms with Gasteiger partial charge in [0.05, 0.1) is 0 Å². The summed E-state index contributed by atoms with van der Waals surface area (Å²) in [5, 5.41) is 3.39. The van der Waals surface area contributed by atoms with E-state index in [9.17, 15) is 0 Å². The summed E-state index contributed by atoms with van der Waals surface area (Å²) >= 11 is 0. The number of hydrogen-bond acceptors (Lipinski definition) is 2. The molecule has 0 spiro atoms. The van der Waals surface area contributed by atoms with E-state index in [2.05, 4.69) is 19.2 Å². The van der Waals surface area contributed by atoms with Crippen LogP contribution in [0.25, 0.3) is 0 Å². The van der Waals surface area contributed by atoms with Crippen molar-refractivity contribution in [3.05, 3.63) is 0 Å². The minimum atomic E-state index is 0.643. The second-order valence-corrected chi connectivity index (χ2v) is 2.44. The zero-order valence-corrected chi connectivity index (χ0v) is 7.31. The van der Waals surface area contributed by atoms with Crippen molar-refractivity contribution in [3.8, 4) is 0 Å². The normalized spacial score (nSPS) is 13.5. The molecule has 1 atom stereocenters. The number of hydrogen-bond donors (Lipinski definition) is 1. The van der Waals surface area contributed by atoms with E-state index < -0.39 is 0 Å². The van der Waals surface area contributed by atoms with Crippen LogP contribution in [0.5, 0.6) is 0 Å². The predicted molar refractivity (Wildman–Crippen MR) is 44.2 cm³/mol. The summed E-state index contributed by atoms with van der Waals surface area (Å²) < 4.78 is 4.98. The standard InChI is InChI=1S/C8H19NO/c1-4-8(9-5-2)6-7-10-3/h8-9H,4-7H2,1-3H3. The van der Waals surface area contributed by atoms with Crippen molar-refractivity contribution >= 4 is 0 Å². The van der Waals surface area contributed by atoms with Crippen LogP contribution in [-0.4, -0.2) is 26.3 Å². The minimum Gasteiger partial charge on any atom is -0.385 e. The van der Waals surface area contributed by atoms with Crippen LogP contribution in [0.2, 0.25) is 0 Å². The van der Waals surface area contributed by atoms with Gasteiger partial charge in [-0.3, -0.25) is 0 Å². The van der Waals surface area contributed by atoms with Gasteiger partial charge in [-0.25, -0.2) is 0 Å². The molecule has 0 aromatic carbocycles. The summed E-state index contributed by atoms with van der Waals surface area (Å²) in [6.07, 6.45) is 2.32. The van der Waals surface area contributed by atoms with Crippen molar-refractivity contribution in [3.63, 3.8) is 0 Å². The lowest BCUT2D eigenvalue weighted by Gasteiger charge is -2.14. The van der Waals surface area contributed by atoms with Crippen LogP contribution in [0, 0.1) is 0 Å². The quantitative estimate of drug-likeness (QED) is 0.610. The molecular weight excluding hydrogens is 126 g/mol. The number of methoxy groups -OCH3 is 1. The predicted octanol–water partition coefficient (Wildman–Crippen LogP) is 1.41. The summed E-state index contributed by atoms with van der Waals surface area (Å²) in [5.74, 6) is 0. The molecule has 0 radical (unpaired) electrons. The van der Waals surface area contributed by atoms with Crippen LogP contribution >= 0.6 is 0 Å². The third kappa shape index (κ3) is 4.77. The third-order valence-corrected chi connectivity index (χ3v) is 1.66. The zero-order valence-electron chi connectivity index (χ0n) is 7.31. The summed E-state index contributed by atoms with van der Waals surface area (Å²) in [5.41, 5.74) is 0. The number of nitrogens with one attached hydrogen (secondary N) is 1. The third-order valence-electron chi connectivity index (χ3n) is 1.66. The fourth-order valence-corrected chi connectivity index (χ4v) is 0.999. The molecule has 62 valence electrons. The van der Waals surface area contributed by atoms with Gasteiger partial charge in [-0.2, -0.15) is 0 Å². The Morgan fingerprint density at radius 2 is 2.10 bits per heavy atom. The van der Waals surface area contributed by atoms with E-state index in [0.717, 1.165) is 19.6 Å². The van der Waals surface area contributed by atoms with E-state index >= 15 is 0 Å². The Bertz CT molecular complexity index is 66.3. The SMILES string of the molecule is CCNC(CC)CCOC. The summed E-state index contributed by atoms with van der Waals surface area (Å²) in [7, 11) is 1.75. The first kappa shape index (κ1) is 9.92. The van der Waals surface area contributed by atoms with Crippen LogP contribution in [-0.2, 0) is 4.74 Å². The van der Waals surface area contributed by atoms with Crippen molar-refractivity contribution in [1.82, 2.24) is 5.32 Å². The van der Waals surface area contributed by atoms with Crippen molar-refractivity contribution < 1.29 is 4.74 Å². The van der Waals surface area contributed by atoms with Crippen molar-refractivity contribution in [2.75, 3.05) is 20.3 Å². The fourth-order valence-electron chi connectivity index (χ4n) is 0.999. The second-order valence-electron chi connectivity index (χ2n) is 2.44. The second kappa shape index (κ2) is 7.03. The summed E-state index contributed by atoms with van der Waals surface area (Å²) in [6.45, 7) is 6.26. The lowest BCUT2D eigenvalue weighted by molar-refractivity contribution is 0.182. The van der Waals surface area contributed by atoms with Gasteiger partial charge in [0.15, 0.2) is 0 Å². The molecule has 2 heteroatoms. The van der Waals surface area contributed by atoms with E-state index in [4.69, 9.17) is 4.74 Å². The lowest BCUT2D eigenvalue weighted by Crippen LogP contribution is -2.29. The molecule has 1 N–H and O–H groups in total. The molecule has 0 saturated heterocycles. The lowest BCUT2D eigenvalue weighted by atomic mass is 10.1. The Kier molecular flexibility index (Phi) is 6.98. The number of ether oxygens (including phenoxy) is 1. The van der Waals surface area contributed by atoms with Crippen LogP contribution in [0.3, 0.4) is 0 Å². The van der Waals surface area contributed by atoms with Crippen LogP contribution in [0.4, 0.5) is 0 Å². The molecule has 0 fully saturated rings. The van der Waals surface area contributed by atoms with E-state index in [-0.39, 0.29) is 0 Å². The van der Waals surface area contributed by atoms with Crippen molar-refractivity contribution in [2.24, 2.45) is 0 Å². The highest BCUT2D eigenvalue weighted by molar-refractivity contribution is 4.62. The maximum Gasteiger partial charge on any atom is 0.0477 e. The summed E-state index contributed by atoms with van der Waals surface area (Å²) in [4.78, 5) is 0. The molecule has 1 unspecified atom stereocenters. The molecule has 0 aromatic heterocycles. The van der Waals surface area contributed by atoms with Crippen molar-refractivity contribution in [2.45, 2.75) is 32.7 Å². The smallest absolute Gasteiger partial charge is 0.0477 e.